The monoisotopic (exact) mass is 258 g/mol. The van der Waals surface area contributed by atoms with E-state index in [0.29, 0.717) is 19.0 Å². The van der Waals surface area contributed by atoms with Crippen molar-refractivity contribution in [1.29, 1.82) is 0 Å². The summed E-state index contributed by atoms with van der Waals surface area (Å²) >= 11 is 0. The molecule has 0 amide bonds. The third-order valence-corrected chi connectivity index (χ3v) is 2.76. The van der Waals surface area contributed by atoms with Gasteiger partial charge in [0.25, 0.3) is 0 Å². The normalized spacial score (nSPS) is 10.2. The number of aromatic hydroxyl groups is 1. The minimum absolute atomic E-state index is 0.218. The Bertz CT molecular complexity index is 532. The number of hydrogen-bond donors (Lipinski definition) is 1. The zero-order valence-electron chi connectivity index (χ0n) is 11.2. The lowest BCUT2D eigenvalue weighted by Crippen LogP contribution is -1.92. The lowest BCUT2D eigenvalue weighted by molar-refractivity contribution is 0.338. The number of phenols is 1. The summed E-state index contributed by atoms with van der Waals surface area (Å²) in [5.41, 5.74) is 1.73. The summed E-state index contributed by atoms with van der Waals surface area (Å²) in [4.78, 5) is 0. The summed E-state index contributed by atoms with van der Waals surface area (Å²) in [5.74, 6) is 1.72. The van der Waals surface area contributed by atoms with Gasteiger partial charge in [-0.15, -0.1) is 0 Å². The highest BCUT2D eigenvalue weighted by Crippen LogP contribution is 2.33. The second kappa shape index (κ2) is 6.14. The van der Waals surface area contributed by atoms with Gasteiger partial charge in [-0.2, -0.15) is 0 Å². The molecule has 0 spiro atoms. The molecule has 0 aromatic heterocycles. The number of phenolic OH excluding ortho intramolecular Hbond substituents is 1. The van der Waals surface area contributed by atoms with Gasteiger partial charge in [-0.3, -0.25) is 0 Å². The Balaban J connectivity index is 2.25. The van der Waals surface area contributed by atoms with Crippen molar-refractivity contribution in [2.24, 2.45) is 0 Å². The second-order valence-electron chi connectivity index (χ2n) is 4.07. The van der Waals surface area contributed by atoms with Gasteiger partial charge < -0.3 is 14.6 Å². The third kappa shape index (κ3) is 3.19. The van der Waals surface area contributed by atoms with Crippen LogP contribution in [-0.2, 0) is 0 Å². The number of benzene rings is 2. The molecule has 2 aromatic rings. The number of ether oxygens (including phenoxy) is 2. The van der Waals surface area contributed by atoms with E-state index >= 15 is 0 Å². The SMILES string of the molecule is CCOc1ccc(-c2ccc(OCC)cc2O)cc1. The number of hydrogen-bond acceptors (Lipinski definition) is 3. The Hall–Kier alpha value is -2.16. The maximum atomic E-state index is 10.0. The van der Waals surface area contributed by atoms with Gasteiger partial charge in [0.2, 0.25) is 0 Å². The molecule has 0 aliphatic carbocycles. The van der Waals surface area contributed by atoms with Crippen molar-refractivity contribution in [2.45, 2.75) is 13.8 Å². The minimum atomic E-state index is 0.218. The van der Waals surface area contributed by atoms with E-state index in [4.69, 9.17) is 9.47 Å². The minimum Gasteiger partial charge on any atom is -0.507 e. The molecule has 0 atom stereocenters. The number of rotatable bonds is 5. The van der Waals surface area contributed by atoms with E-state index in [9.17, 15) is 5.11 Å². The largest absolute Gasteiger partial charge is 0.507 e. The first kappa shape index (κ1) is 13.3. The Morgan fingerprint density at radius 3 is 2.00 bits per heavy atom. The quantitative estimate of drug-likeness (QED) is 0.885. The van der Waals surface area contributed by atoms with E-state index < -0.39 is 0 Å². The van der Waals surface area contributed by atoms with Gasteiger partial charge in [0, 0.05) is 11.6 Å². The molecule has 0 heterocycles. The molecule has 2 rings (SSSR count). The highest BCUT2D eigenvalue weighted by Gasteiger charge is 2.06. The van der Waals surface area contributed by atoms with E-state index in [1.807, 2.05) is 50.2 Å². The molecular formula is C16H18O3. The predicted molar refractivity (Wildman–Crippen MR) is 75.9 cm³/mol. The topological polar surface area (TPSA) is 38.7 Å². The van der Waals surface area contributed by atoms with Crippen molar-refractivity contribution >= 4 is 0 Å². The highest BCUT2D eigenvalue weighted by atomic mass is 16.5. The average molecular weight is 258 g/mol. The van der Waals surface area contributed by atoms with E-state index in [-0.39, 0.29) is 5.75 Å². The van der Waals surface area contributed by atoms with Gasteiger partial charge in [0.15, 0.2) is 0 Å². The zero-order chi connectivity index (χ0) is 13.7. The Kier molecular flexibility index (Phi) is 4.29. The van der Waals surface area contributed by atoms with Crippen molar-refractivity contribution < 1.29 is 14.6 Å². The Morgan fingerprint density at radius 1 is 0.842 bits per heavy atom. The molecule has 3 nitrogen and oxygen atoms in total. The molecule has 0 unspecified atom stereocenters. The van der Waals surface area contributed by atoms with Gasteiger partial charge in [0.1, 0.15) is 17.2 Å². The van der Waals surface area contributed by atoms with Crippen LogP contribution in [0.1, 0.15) is 13.8 Å². The molecule has 100 valence electrons. The summed E-state index contributed by atoms with van der Waals surface area (Å²) < 4.78 is 10.7. The summed E-state index contributed by atoms with van der Waals surface area (Å²) in [5, 5.41) is 10.0. The van der Waals surface area contributed by atoms with Gasteiger partial charge in [0.05, 0.1) is 13.2 Å². The van der Waals surface area contributed by atoms with Crippen LogP contribution in [0, 0.1) is 0 Å². The lowest BCUT2D eigenvalue weighted by atomic mass is 10.0. The van der Waals surface area contributed by atoms with Crippen LogP contribution < -0.4 is 9.47 Å². The van der Waals surface area contributed by atoms with Crippen molar-refractivity contribution in [3.8, 4) is 28.4 Å². The zero-order valence-corrected chi connectivity index (χ0v) is 11.2. The fourth-order valence-electron chi connectivity index (χ4n) is 1.91. The summed E-state index contributed by atoms with van der Waals surface area (Å²) in [6.45, 7) is 5.10. The fourth-order valence-corrected chi connectivity index (χ4v) is 1.91. The molecule has 0 aliphatic rings. The summed E-state index contributed by atoms with van der Waals surface area (Å²) in [6.07, 6.45) is 0. The van der Waals surface area contributed by atoms with Crippen LogP contribution in [0.25, 0.3) is 11.1 Å². The standard InChI is InChI=1S/C16H18O3/c1-3-18-13-7-5-12(6-8-13)15-10-9-14(19-4-2)11-16(15)17/h5-11,17H,3-4H2,1-2H3. The van der Waals surface area contributed by atoms with Gasteiger partial charge in [-0.05, 0) is 43.7 Å². The van der Waals surface area contributed by atoms with Crippen LogP contribution >= 0.6 is 0 Å². The van der Waals surface area contributed by atoms with Crippen molar-refractivity contribution in [3.63, 3.8) is 0 Å². The molecule has 3 heteroatoms. The van der Waals surface area contributed by atoms with E-state index in [0.717, 1.165) is 16.9 Å². The lowest BCUT2D eigenvalue weighted by Gasteiger charge is -2.09. The summed E-state index contributed by atoms with van der Waals surface area (Å²) in [6, 6.07) is 13.0. The second-order valence-corrected chi connectivity index (χ2v) is 4.07. The van der Waals surface area contributed by atoms with Crippen molar-refractivity contribution in [1.82, 2.24) is 0 Å². The first-order valence-electron chi connectivity index (χ1n) is 6.43. The first-order chi connectivity index (χ1) is 9.24. The van der Waals surface area contributed by atoms with Crippen LogP contribution in [0.3, 0.4) is 0 Å². The van der Waals surface area contributed by atoms with E-state index in [1.165, 1.54) is 0 Å². The molecule has 0 bridgehead atoms. The van der Waals surface area contributed by atoms with Crippen LogP contribution in [0.5, 0.6) is 17.2 Å². The molecule has 0 aliphatic heterocycles. The predicted octanol–water partition coefficient (Wildman–Crippen LogP) is 3.86. The molecule has 1 N–H and O–H groups in total. The molecule has 0 fully saturated rings. The Morgan fingerprint density at radius 2 is 1.42 bits per heavy atom. The van der Waals surface area contributed by atoms with Gasteiger partial charge in [-0.1, -0.05) is 12.1 Å². The molecule has 0 saturated heterocycles. The maximum Gasteiger partial charge on any atom is 0.127 e. The van der Waals surface area contributed by atoms with Crippen molar-refractivity contribution in [3.05, 3.63) is 42.5 Å². The summed E-state index contributed by atoms with van der Waals surface area (Å²) in [7, 11) is 0. The maximum absolute atomic E-state index is 10.0. The molecule has 19 heavy (non-hydrogen) atoms. The van der Waals surface area contributed by atoms with E-state index in [2.05, 4.69) is 0 Å². The third-order valence-electron chi connectivity index (χ3n) is 2.76. The van der Waals surface area contributed by atoms with Crippen LogP contribution in [-0.4, -0.2) is 18.3 Å². The smallest absolute Gasteiger partial charge is 0.127 e. The molecule has 0 radical (unpaired) electrons. The molecular weight excluding hydrogens is 240 g/mol. The fraction of sp³-hybridized carbons (Fsp3) is 0.250. The first-order valence-corrected chi connectivity index (χ1v) is 6.43. The average Bonchev–Trinajstić information content (AvgIpc) is 2.41. The van der Waals surface area contributed by atoms with E-state index in [1.54, 1.807) is 6.07 Å². The van der Waals surface area contributed by atoms with Gasteiger partial charge >= 0.3 is 0 Å². The Labute approximate surface area is 113 Å². The van der Waals surface area contributed by atoms with Crippen LogP contribution in [0.15, 0.2) is 42.5 Å². The molecule has 2 aromatic carbocycles. The highest BCUT2D eigenvalue weighted by molar-refractivity contribution is 5.71. The van der Waals surface area contributed by atoms with Crippen LogP contribution in [0.2, 0.25) is 0 Å². The van der Waals surface area contributed by atoms with Crippen LogP contribution in [0.4, 0.5) is 0 Å². The van der Waals surface area contributed by atoms with Crippen molar-refractivity contribution in [2.75, 3.05) is 13.2 Å². The molecule has 0 saturated carbocycles. The van der Waals surface area contributed by atoms with Gasteiger partial charge in [-0.25, -0.2) is 0 Å².